The fourth-order valence-corrected chi connectivity index (χ4v) is 0.0236. The Balaban J connectivity index is 3.86. The molecular weight excluding hydrogens is 80.0 g/mol. The van der Waals surface area contributed by atoms with E-state index in [0.717, 1.165) is 0 Å². The Labute approximate surface area is 35.2 Å². The number of hydrogen-bond donors (Lipinski definition) is 0. The lowest BCUT2D eigenvalue weighted by Crippen LogP contribution is -1.90. The monoisotopic (exact) mass is 84.0 g/mol. The van der Waals surface area contributed by atoms with Gasteiger partial charge < -0.3 is 5.53 Å². The quantitative estimate of drug-likeness (QED) is 0.189. The number of carbonyl (C=O) groups is 1. The molecular formula is C3H4N2O. The van der Waals surface area contributed by atoms with E-state index in [1.807, 2.05) is 0 Å². The first kappa shape index (κ1) is 5.05. The van der Waals surface area contributed by atoms with Crippen LogP contribution in [0.15, 0.2) is 0 Å². The maximum atomic E-state index is 9.45. The van der Waals surface area contributed by atoms with Gasteiger partial charge in [0.1, 0.15) is 0 Å². The Kier molecular flexibility index (Phi) is 1.93. The van der Waals surface area contributed by atoms with Gasteiger partial charge in [0.2, 0.25) is 6.29 Å². The standard InChI is InChI=1S/C3H4N2O/c1-3(2-6)5-4/h2H,1H3. The molecule has 0 aromatic rings. The molecule has 0 rings (SSSR count). The lowest BCUT2D eigenvalue weighted by molar-refractivity contribution is -0.106. The van der Waals surface area contributed by atoms with Crippen molar-refractivity contribution in [3.63, 3.8) is 0 Å². The molecule has 0 aromatic carbocycles. The van der Waals surface area contributed by atoms with Crippen molar-refractivity contribution in [3.8, 4) is 0 Å². The van der Waals surface area contributed by atoms with Crippen LogP contribution in [0.3, 0.4) is 0 Å². The van der Waals surface area contributed by atoms with Gasteiger partial charge in [-0.05, 0) is 0 Å². The molecule has 0 saturated carbocycles. The van der Waals surface area contributed by atoms with Gasteiger partial charge in [0, 0.05) is 6.92 Å². The largest absolute Gasteiger partial charge is 0.361 e. The summed E-state index contributed by atoms with van der Waals surface area (Å²) >= 11 is 0. The average Bonchev–Trinajstić information content (AvgIpc) is 1.65. The van der Waals surface area contributed by atoms with Crippen LogP contribution in [-0.2, 0) is 4.79 Å². The van der Waals surface area contributed by atoms with Gasteiger partial charge in [-0.15, -0.1) is 0 Å². The van der Waals surface area contributed by atoms with Gasteiger partial charge >= 0.3 is 5.71 Å². The SMILES string of the molecule is CC(C=O)=[N+]=[N-]. The molecule has 0 spiro atoms. The minimum Gasteiger partial charge on any atom is -0.361 e. The molecule has 0 aliphatic rings. The van der Waals surface area contributed by atoms with Crippen molar-refractivity contribution in [1.82, 2.24) is 0 Å². The summed E-state index contributed by atoms with van der Waals surface area (Å²) in [6, 6.07) is 0. The van der Waals surface area contributed by atoms with Crippen LogP contribution in [0.2, 0.25) is 0 Å². The highest BCUT2D eigenvalue weighted by Gasteiger charge is 1.87. The van der Waals surface area contributed by atoms with E-state index in [-0.39, 0.29) is 5.71 Å². The first-order valence-corrected chi connectivity index (χ1v) is 1.45. The maximum absolute atomic E-state index is 9.45. The Morgan fingerprint density at radius 1 is 2.00 bits per heavy atom. The third kappa shape index (κ3) is 1.38. The Bertz CT molecular complexity index is 101. The molecule has 0 heterocycles. The molecule has 0 unspecified atom stereocenters. The third-order valence-electron chi connectivity index (χ3n) is 0.328. The second-order valence-corrected chi connectivity index (χ2v) is 0.859. The van der Waals surface area contributed by atoms with Gasteiger partial charge in [0.25, 0.3) is 0 Å². The summed E-state index contributed by atoms with van der Waals surface area (Å²) in [4.78, 5) is 12.0. The number of hydrogen-bond acceptors (Lipinski definition) is 1. The first-order chi connectivity index (χ1) is 2.81. The Morgan fingerprint density at radius 2 is 2.50 bits per heavy atom. The zero-order chi connectivity index (χ0) is 4.99. The summed E-state index contributed by atoms with van der Waals surface area (Å²) in [6.07, 6.45) is 0.472. The van der Waals surface area contributed by atoms with E-state index < -0.39 is 0 Å². The summed E-state index contributed by atoms with van der Waals surface area (Å²) in [7, 11) is 0. The lowest BCUT2D eigenvalue weighted by atomic mass is 10.5. The fraction of sp³-hybridized carbons (Fsp3) is 0.333. The average molecular weight is 84.1 g/mol. The molecule has 0 aromatic heterocycles. The lowest BCUT2D eigenvalue weighted by Gasteiger charge is -1.55. The molecule has 6 heavy (non-hydrogen) atoms. The normalized spacial score (nSPS) is 6.17. The molecule has 0 saturated heterocycles. The molecule has 0 aliphatic carbocycles. The number of carbonyl (C=O) groups excluding carboxylic acids is 1. The van der Waals surface area contributed by atoms with Crippen LogP contribution in [0.5, 0.6) is 0 Å². The first-order valence-electron chi connectivity index (χ1n) is 1.45. The Morgan fingerprint density at radius 3 is 2.50 bits per heavy atom. The molecule has 0 radical (unpaired) electrons. The van der Waals surface area contributed by atoms with E-state index in [1.54, 1.807) is 0 Å². The number of aldehydes is 1. The van der Waals surface area contributed by atoms with Crippen LogP contribution >= 0.6 is 0 Å². The van der Waals surface area contributed by atoms with E-state index in [4.69, 9.17) is 5.53 Å². The second-order valence-electron chi connectivity index (χ2n) is 0.859. The Hall–Kier alpha value is -0.950. The molecule has 0 bridgehead atoms. The van der Waals surface area contributed by atoms with Crippen LogP contribution in [0.1, 0.15) is 6.92 Å². The number of rotatable bonds is 1. The van der Waals surface area contributed by atoms with Gasteiger partial charge in [0.05, 0.1) is 0 Å². The molecule has 0 fully saturated rings. The zero-order valence-corrected chi connectivity index (χ0v) is 3.38. The highest BCUT2D eigenvalue weighted by atomic mass is 16.1. The maximum Gasteiger partial charge on any atom is 0.328 e. The topological polar surface area (TPSA) is 53.5 Å². The molecule has 0 amide bonds. The smallest absolute Gasteiger partial charge is 0.328 e. The van der Waals surface area contributed by atoms with Crippen molar-refractivity contribution >= 4 is 12.0 Å². The summed E-state index contributed by atoms with van der Waals surface area (Å²) in [5, 5.41) is 0. The van der Waals surface area contributed by atoms with Crippen LogP contribution < -0.4 is 0 Å². The van der Waals surface area contributed by atoms with Gasteiger partial charge in [0.15, 0.2) is 0 Å². The highest BCUT2D eigenvalue weighted by Crippen LogP contribution is 1.50. The van der Waals surface area contributed by atoms with E-state index in [9.17, 15) is 4.79 Å². The molecule has 0 N–H and O–H groups in total. The summed E-state index contributed by atoms with van der Waals surface area (Å²) in [5.74, 6) is 0. The summed E-state index contributed by atoms with van der Waals surface area (Å²) < 4.78 is 0. The van der Waals surface area contributed by atoms with Crippen LogP contribution in [-0.4, -0.2) is 16.8 Å². The van der Waals surface area contributed by atoms with Crippen molar-refractivity contribution in [2.45, 2.75) is 6.92 Å². The molecule has 32 valence electrons. The third-order valence-corrected chi connectivity index (χ3v) is 0.328. The second kappa shape index (κ2) is 2.30. The van der Waals surface area contributed by atoms with Crippen LogP contribution in [0.4, 0.5) is 0 Å². The van der Waals surface area contributed by atoms with Crippen LogP contribution in [0.25, 0.3) is 5.53 Å². The molecule has 0 aliphatic heterocycles. The van der Waals surface area contributed by atoms with Crippen molar-refractivity contribution in [2.75, 3.05) is 0 Å². The van der Waals surface area contributed by atoms with Gasteiger partial charge in [-0.1, -0.05) is 0 Å². The van der Waals surface area contributed by atoms with Crippen molar-refractivity contribution in [3.05, 3.63) is 5.53 Å². The fourth-order valence-electron chi connectivity index (χ4n) is 0.0236. The molecule has 0 atom stereocenters. The summed E-state index contributed by atoms with van der Waals surface area (Å²) in [6.45, 7) is 1.41. The van der Waals surface area contributed by atoms with Gasteiger partial charge in [-0.25, -0.2) is 0 Å². The van der Waals surface area contributed by atoms with Gasteiger partial charge in [-0.2, -0.15) is 4.79 Å². The predicted molar refractivity (Wildman–Crippen MR) is 20.4 cm³/mol. The van der Waals surface area contributed by atoms with E-state index in [0.29, 0.717) is 6.29 Å². The molecule has 3 heteroatoms. The predicted octanol–water partition coefficient (Wildman–Crippen LogP) is -0.124. The van der Waals surface area contributed by atoms with Crippen molar-refractivity contribution in [2.24, 2.45) is 0 Å². The van der Waals surface area contributed by atoms with Crippen LogP contribution in [0, 0.1) is 0 Å². The van der Waals surface area contributed by atoms with Gasteiger partial charge in [-0.3, -0.25) is 4.79 Å². The molecule has 3 nitrogen and oxygen atoms in total. The zero-order valence-electron chi connectivity index (χ0n) is 3.38. The van der Waals surface area contributed by atoms with E-state index >= 15 is 0 Å². The van der Waals surface area contributed by atoms with Crippen molar-refractivity contribution in [1.29, 1.82) is 0 Å². The van der Waals surface area contributed by atoms with E-state index in [2.05, 4.69) is 4.79 Å². The highest BCUT2D eigenvalue weighted by molar-refractivity contribution is 6.23. The minimum atomic E-state index is 0.0926. The van der Waals surface area contributed by atoms with E-state index in [1.165, 1.54) is 6.92 Å². The van der Waals surface area contributed by atoms with Crippen molar-refractivity contribution < 1.29 is 9.58 Å². The minimum absolute atomic E-state index is 0.0926. The number of nitrogens with zero attached hydrogens (tertiary/aromatic N) is 2. The summed E-state index contributed by atoms with van der Waals surface area (Å²) in [5.41, 5.74) is 7.78.